The van der Waals surface area contributed by atoms with Crippen LogP contribution in [0.3, 0.4) is 0 Å². The molecule has 0 amide bonds. The van der Waals surface area contributed by atoms with Crippen molar-refractivity contribution in [1.82, 2.24) is 9.97 Å². The molecule has 1 aliphatic heterocycles. The molecular weight excluding hydrogens is 260 g/mol. The van der Waals surface area contributed by atoms with Crippen molar-refractivity contribution in [2.24, 2.45) is 0 Å². The van der Waals surface area contributed by atoms with Gasteiger partial charge in [0.25, 0.3) is 0 Å². The largest absolute Gasteiger partial charge is 0.346 e. The Balaban J connectivity index is 1.86. The topological polar surface area (TPSA) is 28.7 Å². The van der Waals surface area contributed by atoms with Gasteiger partial charge in [0, 0.05) is 28.7 Å². The van der Waals surface area contributed by atoms with Crippen LogP contribution in [0.25, 0.3) is 0 Å². The van der Waals surface area contributed by atoms with Crippen LogP contribution in [0.5, 0.6) is 0 Å². The Labute approximate surface area is 118 Å². The van der Waals surface area contributed by atoms with E-state index in [2.05, 4.69) is 9.97 Å². The van der Waals surface area contributed by atoms with Crippen molar-refractivity contribution in [1.29, 1.82) is 0 Å². The van der Waals surface area contributed by atoms with Gasteiger partial charge in [0.2, 0.25) is 0 Å². The quantitative estimate of drug-likeness (QED) is 0.755. The molecule has 1 fully saturated rings. The number of H-pyrrole nitrogens is 1. The normalized spacial score (nSPS) is 21.3. The van der Waals surface area contributed by atoms with Crippen molar-refractivity contribution in [2.45, 2.75) is 62.4 Å². The predicted molar refractivity (Wildman–Crippen MR) is 79.5 cm³/mol. The number of aromatic amines is 1. The van der Waals surface area contributed by atoms with E-state index in [1.807, 2.05) is 11.8 Å². The number of hydrogen-bond donors (Lipinski definition) is 1. The molecule has 2 nitrogen and oxygen atoms in total. The lowest BCUT2D eigenvalue weighted by Gasteiger charge is -2.19. The maximum atomic E-state index is 5.45. The van der Waals surface area contributed by atoms with E-state index < -0.39 is 0 Å². The number of nitrogens with one attached hydrogen (secondary N) is 1. The van der Waals surface area contributed by atoms with Crippen LogP contribution < -0.4 is 0 Å². The molecule has 0 atom stereocenters. The van der Waals surface area contributed by atoms with Gasteiger partial charge in [-0.05, 0) is 12.8 Å². The van der Waals surface area contributed by atoms with Gasteiger partial charge in [-0.2, -0.15) is 11.8 Å². The van der Waals surface area contributed by atoms with Gasteiger partial charge < -0.3 is 4.98 Å². The minimum atomic E-state index is 0.614. The second-order valence-electron chi connectivity index (χ2n) is 5.42. The third-order valence-corrected chi connectivity index (χ3v) is 5.43. The molecule has 0 saturated heterocycles. The Bertz CT molecular complexity index is 473. The van der Waals surface area contributed by atoms with E-state index in [0.717, 1.165) is 16.1 Å². The standard InChI is InChI=1S/C14H20N2S2/c17-14-11-8-18-9-12(11)15-13(16-14)10-6-4-2-1-3-5-7-10/h10H,1-9H2,(H,15,16,17). The second-order valence-corrected chi connectivity index (χ2v) is 6.79. The van der Waals surface area contributed by atoms with Crippen LogP contribution in [-0.4, -0.2) is 9.97 Å². The molecule has 98 valence electrons. The third-order valence-electron chi connectivity index (χ3n) is 4.11. The molecule has 1 aromatic heterocycles. The first-order chi connectivity index (χ1) is 8.84. The molecular formula is C14H20N2S2. The van der Waals surface area contributed by atoms with Crippen LogP contribution in [0.15, 0.2) is 0 Å². The lowest BCUT2D eigenvalue weighted by molar-refractivity contribution is 0.441. The van der Waals surface area contributed by atoms with Crippen molar-refractivity contribution in [3.05, 3.63) is 21.7 Å². The van der Waals surface area contributed by atoms with Gasteiger partial charge in [-0.3, -0.25) is 0 Å². The van der Waals surface area contributed by atoms with Crippen molar-refractivity contribution in [3.63, 3.8) is 0 Å². The summed E-state index contributed by atoms with van der Waals surface area (Å²) in [5, 5.41) is 0. The summed E-state index contributed by atoms with van der Waals surface area (Å²) in [6, 6.07) is 0. The Morgan fingerprint density at radius 1 is 1.06 bits per heavy atom. The van der Waals surface area contributed by atoms with Gasteiger partial charge in [0.1, 0.15) is 10.5 Å². The van der Waals surface area contributed by atoms with E-state index in [4.69, 9.17) is 12.2 Å². The lowest BCUT2D eigenvalue weighted by Crippen LogP contribution is -2.09. The molecule has 0 spiro atoms. The molecule has 0 unspecified atom stereocenters. The summed E-state index contributed by atoms with van der Waals surface area (Å²) in [4.78, 5) is 8.27. The highest BCUT2D eigenvalue weighted by Crippen LogP contribution is 2.33. The fraction of sp³-hybridized carbons (Fsp3) is 0.714. The number of nitrogens with zero attached hydrogens (tertiary/aromatic N) is 1. The minimum Gasteiger partial charge on any atom is -0.346 e. The van der Waals surface area contributed by atoms with Crippen LogP contribution in [0, 0.1) is 4.64 Å². The van der Waals surface area contributed by atoms with Crippen molar-refractivity contribution in [3.8, 4) is 0 Å². The van der Waals surface area contributed by atoms with Crippen LogP contribution in [0.4, 0.5) is 0 Å². The Morgan fingerprint density at radius 3 is 2.56 bits per heavy atom. The van der Waals surface area contributed by atoms with E-state index >= 15 is 0 Å². The average Bonchev–Trinajstić information content (AvgIpc) is 2.77. The summed E-state index contributed by atoms with van der Waals surface area (Å²) in [5.74, 6) is 3.91. The van der Waals surface area contributed by atoms with Crippen LogP contribution in [-0.2, 0) is 11.5 Å². The molecule has 1 aromatic rings. The predicted octanol–water partition coefficient (Wildman–Crippen LogP) is 4.71. The minimum absolute atomic E-state index is 0.614. The highest BCUT2D eigenvalue weighted by atomic mass is 32.2. The maximum Gasteiger partial charge on any atom is 0.134 e. The SMILES string of the molecule is S=c1nc(C2CCCCCCC2)[nH]c2c1CSC2. The summed E-state index contributed by atoms with van der Waals surface area (Å²) in [5.41, 5.74) is 2.63. The molecule has 3 rings (SSSR count). The van der Waals surface area contributed by atoms with Crippen LogP contribution in [0.1, 0.15) is 67.9 Å². The number of fused-ring (bicyclic) bond motifs is 1. The van der Waals surface area contributed by atoms with Gasteiger partial charge in [0.05, 0.1) is 0 Å². The molecule has 1 N–H and O–H groups in total. The smallest absolute Gasteiger partial charge is 0.134 e. The monoisotopic (exact) mass is 280 g/mol. The van der Waals surface area contributed by atoms with Gasteiger partial charge in [-0.1, -0.05) is 44.3 Å². The van der Waals surface area contributed by atoms with Gasteiger partial charge >= 0.3 is 0 Å². The third kappa shape index (κ3) is 2.64. The molecule has 2 heterocycles. The first kappa shape index (κ1) is 12.7. The Kier molecular flexibility index (Phi) is 4.04. The van der Waals surface area contributed by atoms with Crippen LogP contribution in [0.2, 0.25) is 0 Å². The molecule has 4 heteroatoms. The number of thioether (sulfide) groups is 1. The summed E-state index contributed by atoms with van der Waals surface area (Å²) in [7, 11) is 0. The highest BCUT2D eigenvalue weighted by Gasteiger charge is 2.20. The van der Waals surface area contributed by atoms with Gasteiger partial charge in [0.15, 0.2) is 0 Å². The first-order valence-electron chi connectivity index (χ1n) is 7.04. The number of rotatable bonds is 1. The highest BCUT2D eigenvalue weighted by molar-refractivity contribution is 7.98. The molecule has 0 radical (unpaired) electrons. The maximum absolute atomic E-state index is 5.45. The number of aromatic nitrogens is 2. The summed E-state index contributed by atoms with van der Waals surface area (Å²) in [6.45, 7) is 0. The fourth-order valence-corrected chi connectivity index (χ4v) is 4.47. The second kappa shape index (κ2) is 5.74. The van der Waals surface area contributed by atoms with Crippen molar-refractivity contribution < 1.29 is 0 Å². The summed E-state index contributed by atoms with van der Waals surface area (Å²) >= 11 is 7.39. The summed E-state index contributed by atoms with van der Waals surface area (Å²) < 4.78 is 0.853. The van der Waals surface area contributed by atoms with Gasteiger partial charge in [-0.25, -0.2) is 4.98 Å². The number of hydrogen-bond acceptors (Lipinski definition) is 3. The zero-order chi connectivity index (χ0) is 12.4. The van der Waals surface area contributed by atoms with E-state index in [9.17, 15) is 0 Å². The van der Waals surface area contributed by atoms with Crippen molar-refractivity contribution >= 4 is 24.0 Å². The zero-order valence-electron chi connectivity index (χ0n) is 10.7. The van der Waals surface area contributed by atoms with Gasteiger partial charge in [-0.15, -0.1) is 0 Å². The first-order valence-corrected chi connectivity index (χ1v) is 8.60. The fourth-order valence-electron chi connectivity index (χ4n) is 3.01. The lowest BCUT2D eigenvalue weighted by atomic mass is 9.90. The Hall–Kier alpha value is -0.350. The molecule has 1 aliphatic carbocycles. The zero-order valence-corrected chi connectivity index (χ0v) is 12.3. The van der Waals surface area contributed by atoms with E-state index in [-0.39, 0.29) is 0 Å². The molecule has 2 aliphatic rings. The molecule has 0 bridgehead atoms. The van der Waals surface area contributed by atoms with Crippen LogP contribution >= 0.6 is 24.0 Å². The molecule has 1 saturated carbocycles. The van der Waals surface area contributed by atoms with E-state index in [0.29, 0.717) is 5.92 Å². The van der Waals surface area contributed by atoms with Crippen molar-refractivity contribution in [2.75, 3.05) is 0 Å². The average molecular weight is 280 g/mol. The Morgan fingerprint density at radius 2 is 1.78 bits per heavy atom. The van der Waals surface area contributed by atoms with E-state index in [1.54, 1.807) is 0 Å². The molecule has 0 aromatic carbocycles. The summed E-state index contributed by atoms with van der Waals surface area (Å²) in [6.07, 6.45) is 9.44. The van der Waals surface area contributed by atoms with E-state index in [1.165, 1.54) is 62.0 Å². The molecule has 18 heavy (non-hydrogen) atoms.